The molecule has 1 heterocycles. The molecule has 3 unspecified atom stereocenters. The predicted molar refractivity (Wildman–Crippen MR) is 102 cm³/mol. The van der Waals surface area contributed by atoms with Gasteiger partial charge in [0.15, 0.2) is 0 Å². The summed E-state index contributed by atoms with van der Waals surface area (Å²) in [6, 6.07) is 10.9. The highest BCUT2D eigenvalue weighted by Crippen LogP contribution is 2.49. The molecule has 5 nitrogen and oxygen atoms in total. The van der Waals surface area contributed by atoms with Gasteiger partial charge in [-0.3, -0.25) is 4.79 Å². The van der Waals surface area contributed by atoms with Crippen LogP contribution in [0.15, 0.2) is 36.5 Å². The molecule has 2 fully saturated rings. The average molecular weight is 361 g/mol. The lowest BCUT2D eigenvalue weighted by Gasteiger charge is -2.21. The largest absolute Gasteiger partial charge is 0.438 e. The van der Waals surface area contributed by atoms with Crippen LogP contribution in [0.5, 0.6) is 11.6 Å². The lowest BCUT2D eigenvalue weighted by atomic mass is 9.86. The summed E-state index contributed by atoms with van der Waals surface area (Å²) in [5.74, 6) is 3.14. The van der Waals surface area contributed by atoms with Crippen LogP contribution in [0.4, 0.5) is 5.69 Å². The number of hydrogen-bond acceptors (Lipinski definition) is 4. The number of benzene rings is 1. The molecule has 2 aromatic rings. The van der Waals surface area contributed by atoms with Gasteiger partial charge in [-0.1, -0.05) is 6.42 Å². The molecule has 27 heavy (non-hydrogen) atoms. The van der Waals surface area contributed by atoms with Crippen molar-refractivity contribution in [3.8, 4) is 17.7 Å². The fraction of sp³-hybridized carbons (Fsp3) is 0.409. The standard InChI is InChI=1S/C22H23N3O2/c1-14-9-19(27-22-17(13-23)3-2-8-24-22)6-7-20(14)25-21(26)12-18-11-15-4-5-16(18)10-15/h2-3,6-9,15-16,18H,4-5,10-12H2,1H3,(H,25,26). The summed E-state index contributed by atoms with van der Waals surface area (Å²) < 4.78 is 5.74. The first-order chi connectivity index (χ1) is 13.1. The van der Waals surface area contributed by atoms with Crippen LogP contribution in [0.2, 0.25) is 0 Å². The molecule has 5 heteroatoms. The molecule has 0 spiro atoms. The number of nitrogens with one attached hydrogen (secondary N) is 1. The number of carbonyl (C=O) groups excluding carboxylic acids is 1. The fourth-order valence-corrected chi connectivity index (χ4v) is 4.57. The van der Waals surface area contributed by atoms with Crippen LogP contribution in [0.1, 0.15) is 43.2 Å². The zero-order valence-electron chi connectivity index (χ0n) is 15.4. The summed E-state index contributed by atoms with van der Waals surface area (Å²) in [6.45, 7) is 1.93. The third-order valence-electron chi connectivity index (χ3n) is 5.91. The van der Waals surface area contributed by atoms with E-state index in [1.165, 1.54) is 25.7 Å². The van der Waals surface area contributed by atoms with E-state index >= 15 is 0 Å². The Morgan fingerprint density at radius 2 is 2.22 bits per heavy atom. The number of nitrogens with zero attached hydrogens (tertiary/aromatic N) is 2. The highest BCUT2D eigenvalue weighted by Gasteiger charge is 2.40. The van der Waals surface area contributed by atoms with Crippen molar-refractivity contribution in [3.05, 3.63) is 47.7 Å². The van der Waals surface area contributed by atoms with Crippen LogP contribution in [0, 0.1) is 36.0 Å². The van der Waals surface area contributed by atoms with Gasteiger partial charge in [0.05, 0.1) is 0 Å². The maximum Gasteiger partial charge on any atom is 0.237 e. The van der Waals surface area contributed by atoms with E-state index in [4.69, 9.17) is 10.00 Å². The number of rotatable bonds is 5. The zero-order valence-corrected chi connectivity index (χ0v) is 15.4. The van der Waals surface area contributed by atoms with Crippen molar-refractivity contribution in [1.29, 1.82) is 5.26 Å². The van der Waals surface area contributed by atoms with Crippen molar-refractivity contribution < 1.29 is 9.53 Å². The van der Waals surface area contributed by atoms with Crippen LogP contribution in [-0.2, 0) is 4.79 Å². The number of pyridine rings is 1. The number of hydrogen-bond donors (Lipinski definition) is 1. The second-order valence-electron chi connectivity index (χ2n) is 7.73. The number of aromatic nitrogens is 1. The molecule has 0 aliphatic heterocycles. The predicted octanol–water partition coefficient (Wildman–Crippen LogP) is 4.82. The van der Waals surface area contributed by atoms with Gasteiger partial charge in [-0.25, -0.2) is 4.98 Å². The van der Waals surface area contributed by atoms with Crippen molar-refractivity contribution >= 4 is 11.6 Å². The van der Waals surface area contributed by atoms with E-state index in [-0.39, 0.29) is 11.8 Å². The number of carbonyl (C=O) groups is 1. The normalized spacial score (nSPS) is 23.0. The summed E-state index contributed by atoms with van der Waals surface area (Å²) in [6.07, 6.45) is 7.40. The molecule has 2 bridgehead atoms. The minimum absolute atomic E-state index is 0.0980. The number of amides is 1. The Kier molecular flexibility index (Phi) is 4.81. The van der Waals surface area contributed by atoms with E-state index in [9.17, 15) is 4.79 Å². The van der Waals surface area contributed by atoms with Gasteiger partial charge in [0.2, 0.25) is 11.8 Å². The van der Waals surface area contributed by atoms with Gasteiger partial charge in [0, 0.05) is 18.3 Å². The molecular weight excluding hydrogens is 338 g/mol. The summed E-state index contributed by atoms with van der Waals surface area (Å²) in [5.41, 5.74) is 2.11. The van der Waals surface area contributed by atoms with Crippen LogP contribution in [0.25, 0.3) is 0 Å². The van der Waals surface area contributed by atoms with Crippen molar-refractivity contribution in [2.45, 2.75) is 39.0 Å². The van der Waals surface area contributed by atoms with Gasteiger partial charge in [-0.05, 0) is 79.8 Å². The molecule has 3 atom stereocenters. The number of ether oxygens (including phenoxy) is 1. The molecule has 2 aliphatic rings. The van der Waals surface area contributed by atoms with Crippen molar-refractivity contribution in [1.82, 2.24) is 4.98 Å². The third-order valence-corrected chi connectivity index (χ3v) is 5.91. The molecule has 2 saturated carbocycles. The highest BCUT2D eigenvalue weighted by atomic mass is 16.5. The SMILES string of the molecule is Cc1cc(Oc2ncccc2C#N)ccc1NC(=O)CC1CC2CCC1C2. The average Bonchev–Trinajstić information content (AvgIpc) is 3.27. The minimum atomic E-state index is 0.0980. The molecule has 138 valence electrons. The summed E-state index contributed by atoms with van der Waals surface area (Å²) >= 11 is 0. The Labute approximate surface area is 159 Å². The quantitative estimate of drug-likeness (QED) is 0.828. The zero-order chi connectivity index (χ0) is 18.8. The van der Waals surface area contributed by atoms with E-state index in [0.29, 0.717) is 23.7 Å². The number of aryl methyl sites for hydroxylation is 1. The molecule has 0 radical (unpaired) electrons. The van der Waals surface area contributed by atoms with Crippen molar-refractivity contribution in [3.63, 3.8) is 0 Å². The van der Waals surface area contributed by atoms with E-state index < -0.39 is 0 Å². The Morgan fingerprint density at radius 1 is 1.33 bits per heavy atom. The van der Waals surface area contributed by atoms with Crippen LogP contribution in [-0.4, -0.2) is 10.9 Å². The molecule has 4 rings (SSSR count). The molecule has 1 aromatic carbocycles. The van der Waals surface area contributed by atoms with E-state index in [0.717, 1.165) is 23.1 Å². The first kappa shape index (κ1) is 17.5. The van der Waals surface area contributed by atoms with E-state index in [2.05, 4.69) is 16.4 Å². The van der Waals surface area contributed by atoms with Gasteiger partial charge in [0.25, 0.3) is 0 Å². The second-order valence-corrected chi connectivity index (χ2v) is 7.73. The maximum absolute atomic E-state index is 12.5. The number of anilines is 1. The van der Waals surface area contributed by atoms with Crippen LogP contribution < -0.4 is 10.1 Å². The first-order valence-corrected chi connectivity index (χ1v) is 9.56. The smallest absolute Gasteiger partial charge is 0.237 e. The van der Waals surface area contributed by atoms with E-state index in [1.54, 1.807) is 24.4 Å². The number of fused-ring (bicyclic) bond motifs is 2. The molecule has 2 aliphatic carbocycles. The Balaban J connectivity index is 1.39. The van der Waals surface area contributed by atoms with Crippen LogP contribution in [0.3, 0.4) is 0 Å². The molecule has 1 N–H and O–H groups in total. The molecule has 0 saturated heterocycles. The molecule has 1 amide bonds. The molecule has 1 aromatic heterocycles. The Morgan fingerprint density at radius 3 is 2.93 bits per heavy atom. The van der Waals surface area contributed by atoms with Gasteiger partial charge in [0.1, 0.15) is 17.4 Å². The topological polar surface area (TPSA) is 75.0 Å². The third kappa shape index (κ3) is 3.80. The van der Waals surface area contributed by atoms with Crippen molar-refractivity contribution in [2.75, 3.05) is 5.32 Å². The molecular formula is C22H23N3O2. The Bertz CT molecular complexity index is 903. The number of nitriles is 1. The van der Waals surface area contributed by atoms with Gasteiger partial charge in [-0.2, -0.15) is 5.26 Å². The lowest BCUT2D eigenvalue weighted by Crippen LogP contribution is -2.20. The minimum Gasteiger partial charge on any atom is -0.438 e. The van der Waals surface area contributed by atoms with Crippen LogP contribution >= 0.6 is 0 Å². The maximum atomic E-state index is 12.5. The Hall–Kier alpha value is -2.87. The van der Waals surface area contributed by atoms with Crippen molar-refractivity contribution in [2.24, 2.45) is 17.8 Å². The summed E-state index contributed by atoms with van der Waals surface area (Å²) in [4.78, 5) is 16.6. The second kappa shape index (κ2) is 7.40. The van der Waals surface area contributed by atoms with Gasteiger partial charge >= 0.3 is 0 Å². The van der Waals surface area contributed by atoms with E-state index in [1.807, 2.05) is 19.1 Å². The van der Waals surface area contributed by atoms with Gasteiger partial charge in [-0.15, -0.1) is 0 Å². The van der Waals surface area contributed by atoms with Gasteiger partial charge < -0.3 is 10.1 Å². The first-order valence-electron chi connectivity index (χ1n) is 9.56. The summed E-state index contributed by atoms with van der Waals surface area (Å²) in [7, 11) is 0. The summed E-state index contributed by atoms with van der Waals surface area (Å²) in [5, 5.41) is 12.2. The monoisotopic (exact) mass is 361 g/mol. The highest BCUT2D eigenvalue weighted by molar-refractivity contribution is 5.91. The fourth-order valence-electron chi connectivity index (χ4n) is 4.57. The lowest BCUT2D eigenvalue weighted by molar-refractivity contribution is -0.117.